The number of nitrogens with two attached hydrogens (primary N) is 1. The quantitative estimate of drug-likeness (QED) is 0.810. The molecule has 4 nitrogen and oxygen atoms in total. The van der Waals surface area contributed by atoms with Crippen LogP contribution in [0, 0.1) is 0 Å². The Morgan fingerprint density at radius 2 is 1.96 bits per heavy atom. The molecule has 1 amide bonds. The third-order valence-corrected chi connectivity index (χ3v) is 5.02. The predicted octanol–water partition coefficient (Wildman–Crippen LogP) is 4.46. The standard InChI is InChI=1S/C21H27N3O/c1-3-16-7-9-17(10-8-16)21(25)23-18-11-12-20(19(22)14-18)24-13-5-4-6-15(24)2/h7-12,14-15H,3-6,13,22H2,1-2H3,(H,23,25)/t15-/m1/s1. The van der Waals surface area contributed by atoms with Crippen molar-refractivity contribution < 1.29 is 4.79 Å². The number of hydrogen-bond acceptors (Lipinski definition) is 3. The first-order chi connectivity index (χ1) is 12.1. The highest BCUT2D eigenvalue weighted by atomic mass is 16.1. The Morgan fingerprint density at radius 1 is 1.20 bits per heavy atom. The van der Waals surface area contributed by atoms with Gasteiger partial charge in [-0.1, -0.05) is 19.1 Å². The van der Waals surface area contributed by atoms with E-state index in [4.69, 9.17) is 5.73 Å². The molecule has 1 atom stereocenters. The zero-order chi connectivity index (χ0) is 17.8. The zero-order valence-corrected chi connectivity index (χ0v) is 15.1. The normalized spacial score (nSPS) is 17.4. The topological polar surface area (TPSA) is 58.4 Å². The van der Waals surface area contributed by atoms with Crippen LogP contribution in [0.3, 0.4) is 0 Å². The minimum Gasteiger partial charge on any atom is -0.397 e. The molecule has 1 fully saturated rings. The largest absolute Gasteiger partial charge is 0.397 e. The van der Waals surface area contributed by atoms with Gasteiger partial charge in [0.25, 0.3) is 5.91 Å². The molecule has 0 unspecified atom stereocenters. The number of nitrogens with zero attached hydrogens (tertiary/aromatic N) is 1. The molecule has 2 aromatic carbocycles. The number of aryl methyl sites for hydroxylation is 1. The summed E-state index contributed by atoms with van der Waals surface area (Å²) in [7, 11) is 0. The van der Waals surface area contributed by atoms with Crippen molar-refractivity contribution in [2.24, 2.45) is 0 Å². The van der Waals surface area contributed by atoms with E-state index in [9.17, 15) is 4.79 Å². The summed E-state index contributed by atoms with van der Waals surface area (Å²) in [6.07, 6.45) is 4.65. The Morgan fingerprint density at radius 3 is 2.60 bits per heavy atom. The number of amides is 1. The van der Waals surface area contributed by atoms with Crippen LogP contribution < -0.4 is 16.0 Å². The first-order valence-electron chi connectivity index (χ1n) is 9.15. The maximum Gasteiger partial charge on any atom is 0.255 e. The van der Waals surface area contributed by atoms with Crippen LogP contribution in [-0.2, 0) is 6.42 Å². The maximum atomic E-state index is 12.4. The van der Waals surface area contributed by atoms with Crippen LogP contribution >= 0.6 is 0 Å². The van der Waals surface area contributed by atoms with Crippen molar-refractivity contribution in [3.63, 3.8) is 0 Å². The van der Waals surface area contributed by atoms with E-state index in [1.165, 1.54) is 24.8 Å². The van der Waals surface area contributed by atoms with Crippen LogP contribution in [0.15, 0.2) is 42.5 Å². The third-order valence-electron chi connectivity index (χ3n) is 5.02. The minimum atomic E-state index is -0.110. The maximum absolute atomic E-state index is 12.4. The van der Waals surface area contributed by atoms with E-state index in [1.54, 1.807) is 0 Å². The van der Waals surface area contributed by atoms with Gasteiger partial charge in [0, 0.05) is 23.8 Å². The number of hydrogen-bond donors (Lipinski definition) is 2. The van der Waals surface area contributed by atoms with Gasteiger partial charge >= 0.3 is 0 Å². The van der Waals surface area contributed by atoms with E-state index in [2.05, 4.69) is 24.1 Å². The molecule has 2 aromatic rings. The van der Waals surface area contributed by atoms with Crippen molar-refractivity contribution in [1.82, 2.24) is 0 Å². The van der Waals surface area contributed by atoms with Gasteiger partial charge < -0.3 is 16.0 Å². The van der Waals surface area contributed by atoms with Gasteiger partial charge in [0.2, 0.25) is 0 Å². The molecule has 0 aliphatic carbocycles. The smallest absolute Gasteiger partial charge is 0.255 e. The van der Waals surface area contributed by atoms with Crippen LogP contribution in [0.4, 0.5) is 17.1 Å². The van der Waals surface area contributed by atoms with Gasteiger partial charge in [-0.2, -0.15) is 0 Å². The highest BCUT2D eigenvalue weighted by molar-refractivity contribution is 6.04. The molecule has 0 saturated carbocycles. The molecule has 0 aromatic heterocycles. The molecule has 0 bridgehead atoms. The number of anilines is 3. The number of nitrogen functional groups attached to an aromatic ring is 1. The monoisotopic (exact) mass is 337 g/mol. The Balaban J connectivity index is 1.72. The van der Waals surface area contributed by atoms with Crippen LogP contribution in [-0.4, -0.2) is 18.5 Å². The summed E-state index contributed by atoms with van der Waals surface area (Å²) in [6, 6.07) is 14.0. The third kappa shape index (κ3) is 3.95. The van der Waals surface area contributed by atoms with E-state index < -0.39 is 0 Å². The SMILES string of the molecule is CCc1ccc(C(=O)Nc2ccc(N3CCCC[C@H]3C)c(N)c2)cc1. The van der Waals surface area contributed by atoms with Crippen molar-refractivity contribution in [1.29, 1.82) is 0 Å². The van der Waals surface area contributed by atoms with Gasteiger partial charge in [0.15, 0.2) is 0 Å². The van der Waals surface area contributed by atoms with Crippen molar-refractivity contribution in [2.75, 3.05) is 22.5 Å². The molecule has 1 heterocycles. The number of benzene rings is 2. The Kier molecular flexibility index (Phi) is 5.27. The molecular formula is C21H27N3O. The number of rotatable bonds is 4. The molecule has 25 heavy (non-hydrogen) atoms. The average Bonchev–Trinajstić information content (AvgIpc) is 2.63. The van der Waals surface area contributed by atoms with E-state index in [0.29, 0.717) is 17.3 Å². The number of carbonyl (C=O) groups excluding carboxylic acids is 1. The number of nitrogens with one attached hydrogen (secondary N) is 1. The van der Waals surface area contributed by atoms with E-state index >= 15 is 0 Å². The van der Waals surface area contributed by atoms with Crippen LogP contribution in [0.5, 0.6) is 0 Å². The van der Waals surface area contributed by atoms with Crippen LogP contribution in [0.25, 0.3) is 0 Å². The number of piperidine rings is 1. The second-order valence-electron chi connectivity index (χ2n) is 6.82. The second kappa shape index (κ2) is 7.60. The molecule has 1 aliphatic heterocycles. The van der Waals surface area contributed by atoms with Crippen LogP contribution in [0.1, 0.15) is 49.0 Å². The highest BCUT2D eigenvalue weighted by Crippen LogP contribution is 2.31. The molecule has 4 heteroatoms. The minimum absolute atomic E-state index is 0.110. The fourth-order valence-electron chi connectivity index (χ4n) is 3.44. The Hall–Kier alpha value is -2.49. The molecule has 0 radical (unpaired) electrons. The average molecular weight is 337 g/mol. The lowest BCUT2D eigenvalue weighted by Gasteiger charge is -2.36. The molecule has 132 valence electrons. The molecule has 0 spiro atoms. The molecule has 3 N–H and O–H groups in total. The summed E-state index contributed by atoms with van der Waals surface area (Å²) >= 11 is 0. The number of carbonyl (C=O) groups is 1. The van der Waals surface area contributed by atoms with Gasteiger partial charge in [-0.25, -0.2) is 0 Å². The summed E-state index contributed by atoms with van der Waals surface area (Å²) in [5.41, 5.74) is 10.7. The van der Waals surface area contributed by atoms with Crippen molar-refractivity contribution >= 4 is 23.0 Å². The zero-order valence-electron chi connectivity index (χ0n) is 15.1. The van der Waals surface area contributed by atoms with Gasteiger partial charge in [-0.15, -0.1) is 0 Å². The van der Waals surface area contributed by atoms with Gasteiger partial charge in [-0.3, -0.25) is 4.79 Å². The molecule has 1 saturated heterocycles. The lowest BCUT2D eigenvalue weighted by atomic mass is 10.0. The second-order valence-corrected chi connectivity index (χ2v) is 6.82. The first kappa shape index (κ1) is 17.3. The fraction of sp³-hybridized carbons (Fsp3) is 0.381. The van der Waals surface area contributed by atoms with Gasteiger partial charge in [0.1, 0.15) is 0 Å². The Bertz CT molecular complexity index is 739. The summed E-state index contributed by atoms with van der Waals surface area (Å²) in [5.74, 6) is -0.110. The molecular weight excluding hydrogens is 310 g/mol. The summed E-state index contributed by atoms with van der Waals surface area (Å²) in [4.78, 5) is 14.8. The highest BCUT2D eigenvalue weighted by Gasteiger charge is 2.20. The summed E-state index contributed by atoms with van der Waals surface area (Å²) in [5, 5.41) is 2.94. The summed E-state index contributed by atoms with van der Waals surface area (Å²) in [6.45, 7) is 5.39. The van der Waals surface area contributed by atoms with Gasteiger partial charge in [-0.05, 0) is 68.5 Å². The Labute approximate surface area is 150 Å². The lowest BCUT2D eigenvalue weighted by Crippen LogP contribution is -2.37. The van der Waals surface area contributed by atoms with E-state index in [-0.39, 0.29) is 5.91 Å². The predicted molar refractivity (Wildman–Crippen MR) is 105 cm³/mol. The van der Waals surface area contributed by atoms with Crippen molar-refractivity contribution in [3.8, 4) is 0 Å². The van der Waals surface area contributed by atoms with Crippen LogP contribution in [0.2, 0.25) is 0 Å². The van der Waals surface area contributed by atoms with E-state index in [1.807, 2.05) is 42.5 Å². The molecule has 3 rings (SSSR count). The molecule has 1 aliphatic rings. The van der Waals surface area contributed by atoms with Crippen molar-refractivity contribution in [3.05, 3.63) is 53.6 Å². The van der Waals surface area contributed by atoms with Gasteiger partial charge in [0.05, 0.1) is 11.4 Å². The fourth-order valence-corrected chi connectivity index (χ4v) is 3.44. The first-order valence-corrected chi connectivity index (χ1v) is 9.15. The summed E-state index contributed by atoms with van der Waals surface area (Å²) < 4.78 is 0. The lowest BCUT2D eigenvalue weighted by molar-refractivity contribution is 0.102. The van der Waals surface area contributed by atoms with Crippen molar-refractivity contribution in [2.45, 2.75) is 45.6 Å². The van der Waals surface area contributed by atoms with E-state index in [0.717, 1.165) is 24.3 Å².